The molecule has 1 heterocycles. The van der Waals surface area contributed by atoms with Gasteiger partial charge in [-0.2, -0.15) is 11.8 Å². The first-order valence-corrected chi connectivity index (χ1v) is 5.78. The number of hydrogen-bond donors (Lipinski definition) is 0. The van der Waals surface area contributed by atoms with Crippen LogP contribution in [0, 0.1) is 0 Å². The highest BCUT2D eigenvalue weighted by Gasteiger charge is 1.99. The van der Waals surface area contributed by atoms with Gasteiger partial charge < -0.3 is 0 Å². The topological polar surface area (TPSA) is 25.8 Å². The number of rotatable bonds is 4. The first-order valence-electron chi connectivity index (χ1n) is 4.19. The molecular formula is C9H13ClN2S. The van der Waals surface area contributed by atoms with Gasteiger partial charge in [-0.05, 0) is 5.25 Å². The van der Waals surface area contributed by atoms with Crippen molar-refractivity contribution in [3.05, 3.63) is 23.8 Å². The molecule has 0 amide bonds. The highest BCUT2D eigenvalue weighted by molar-refractivity contribution is 7.99. The summed E-state index contributed by atoms with van der Waals surface area (Å²) in [6.07, 6.45) is 3.58. The lowest BCUT2D eigenvalue weighted by Gasteiger charge is -2.03. The Morgan fingerprint density at radius 1 is 1.38 bits per heavy atom. The van der Waals surface area contributed by atoms with Crippen molar-refractivity contribution in [1.82, 2.24) is 9.97 Å². The summed E-state index contributed by atoms with van der Waals surface area (Å²) in [7, 11) is 0. The van der Waals surface area contributed by atoms with E-state index in [1.807, 2.05) is 11.8 Å². The van der Waals surface area contributed by atoms with Crippen LogP contribution in [-0.2, 0) is 11.6 Å². The van der Waals surface area contributed by atoms with Crippen LogP contribution in [0.15, 0.2) is 12.4 Å². The normalized spacial score (nSPS) is 10.8. The fraction of sp³-hybridized carbons (Fsp3) is 0.556. The molecule has 4 heteroatoms. The van der Waals surface area contributed by atoms with Gasteiger partial charge in [-0.25, -0.2) is 9.97 Å². The van der Waals surface area contributed by atoms with Crippen molar-refractivity contribution >= 4 is 23.4 Å². The average Bonchev–Trinajstić information content (AvgIpc) is 2.15. The molecule has 0 aliphatic heterocycles. The molecular weight excluding hydrogens is 204 g/mol. The number of alkyl halides is 1. The van der Waals surface area contributed by atoms with Gasteiger partial charge in [0.25, 0.3) is 0 Å². The van der Waals surface area contributed by atoms with Crippen LogP contribution in [0.25, 0.3) is 0 Å². The fourth-order valence-corrected chi connectivity index (χ4v) is 1.54. The third-order valence-electron chi connectivity index (χ3n) is 1.46. The van der Waals surface area contributed by atoms with Crippen LogP contribution in [-0.4, -0.2) is 15.2 Å². The Bertz CT molecular complexity index is 248. The smallest absolute Gasteiger partial charge is 0.138 e. The zero-order valence-corrected chi connectivity index (χ0v) is 9.40. The van der Waals surface area contributed by atoms with E-state index in [1.54, 1.807) is 12.4 Å². The van der Waals surface area contributed by atoms with E-state index in [1.165, 1.54) is 0 Å². The van der Waals surface area contributed by atoms with E-state index < -0.39 is 0 Å². The molecule has 0 radical (unpaired) electrons. The van der Waals surface area contributed by atoms with Gasteiger partial charge in [0.05, 0.1) is 11.6 Å². The molecule has 0 saturated heterocycles. The fourth-order valence-electron chi connectivity index (χ4n) is 0.766. The van der Waals surface area contributed by atoms with E-state index in [0.29, 0.717) is 11.1 Å². The lowest BCUT2D eigenvalue weighted by Crippen LogP contribution is -1.96. The maximum Gasteiger partial charge on any atom is 0.138 e. The standard InChI is InChI=1S/C9H13ClN2S/c1-7(2)13-6-9-11-4-8(3-10)5-12-9/h4-5,7H,3,6H2,1-2H3. The van der Waals surface area contributed by atoms with Crippen LogP contribution in [0.5, 0.6) is 0 Å². The first-order chi connectivity index (χ1) is 6.22. The Hall–Kier alpha value is -0.280. The summed E-state index contributed by atoms with van der Waals surface area (Å²) in [6, 6.07) is 0. The summed E-state index contributed by atoms with van der Waals surface area (Å²) in [4.78, 5) is 8.41. The monoisotopic (exact) mass is 216 g/mol. The molecule has 0 saturated carbocycles. The van der Waals surface area contributed by atoms with Gasteiger partial charge in [0.15, 0.2) is 0 Å². The van der Waals surface area contributed by atoms with Crippen LogP contribution in [0.1, 0.15) is 25.2 Å². The largest absolute Gasteiger partial charge is 0.240 e. The molecule has 72 valence electrons. The Balaban J connectivity index is 2.49. The molecule has 0 aliphatic rings. The van der Waals surface area contributed by atoms with Gasteiger partial charge in [-0.15, -0.1) is 11.6 Å². The minimum atomic E-state index is 0.484. The van der Waals surface area contributed by atoms with Crippen LogP contribution < -0.4 is 0 Å². The second kappa shape index (κ2) is 5.45. The Morgan fingerprint density at radius 3 is 2.46 bits per heavy atom. The summed E-state index contributed by atoms with van der Waals surface area (Å²) in [6.45, 7) is 4.33. The summed E-state index contributed by atoms with van der Waals surface area (Å²) >= 11 is 7.46. The van der Waals surface area contributed by atoms with E-state index in [4.69, 9.17) is 11.6 Å². The second-order valence-corrected chi connectivity index (χ2v) is 4.83. The van der Waals surface area contributed by atoms with Crippen molar-refractivity contribution in [2.45, 2.75) is 30.7 Å². The molecule has 0 aliphatic carbocycles. The number of hydrogen-bond acceptors (Lipinski definition) is 3. The minimum absolute atomic E-state index is 0.484. The number of thioether (sulfide) groups is 1. The first kappa shape index (κ1) is 10.8. The van der Waals surface area contributed by atoms with E-state index in [-0.39, 0.29) is 0 Å². The lowest BCUT2D eigenvalue weighted by atomic mass is 10.4. The molecule has 0 unspecified atom stereocenters. The van der Waals surface area contributed by atoms with Crippen LogP contribution in [0.4, 0.5) is 0 Å². The maximum atomic E-state index is 5.62. The third-order valence-corrected chi connectivity index (χ3v) is 2.86. The van der Waals surface area contributed by atoms with Crippen molar-refractivity contribution in [3.63, 3.8) is 0 Å². The Labute approximate surface area is 88.1 Å². The summed E-state index contributed by atoms with van der Waals surface area (Å²) in [5.41, 5.74) is 0.972. The van der Waals surface area contributed by atoms with Crippen molar-refractivity contribution in [3.8, 4) is 0 Å². The van der Waals surface area contributed by atoms with Gasteiger partial charge in [-0.3, -0.25) is 0 Å². The summed E-state index contributed by atoms with van der Waals surface area (Å²) < 4.78 is 0. The van der Waals surface area contributed by atoms with Gasteiger partial charge in [0, 0.05) is 18.0 Å². The zero-order valence-electron chi connectivity index (χ0n) is 7.83. The molecule has 1 aromatic rings. The Morgan fingerprint density at radius 2 is 2.00 bits per heavy atom. The molecule has 0 aromatic carbocycles. The highest BCUT2D eigenvalue weighted by Crippen LogP contribution is 2.14. The second-order valence-electron chi connectivity index (χ2n) is 3.00. The van der Waals surface area contributed by atoms with Crippen LogP contribution in [0.2, 0.25) is 0 Å². The molecule has 0 spiro atoms. The number of nitrogens with zero attached hydrogens (tertiary/aromatic N) is 2. The van der Waals surface area contributed by atoms with E-state index in [2.05, 4.69) is 23.8 Å². The SMILES string of the molecule is CC(C)SCc1ncc(CCl)cn1. The molecule has 0 N–H and O–H groups in total. The summed E-state index contributed by atoms with van der Waals surface area (Å²) in [5, 5.41) is 0.622. The quantitative estimate of drug-likeness (QED) is 0.724. The van der Waals surface area contributed by atoms with E-state index in [9.17, 15) is 0 Å². The number of halogens is 1. The van der Waals surface area contributed by atoms with Gasteiger partial charge in [0.2, 0.25) is 0 Å². The average molecular weight is 217 g/mol. The van der Waals surface area contributed by atoms with Crippen molar-refractivity contribution in [2.75, 3.05) is 0 Å². The van der Waals surface area contributed by atoms with Crippen LogP contribution >= 0.6 is 23.4 Å². The predicted octanol–water partition coefficient (Wildman–Crippen LogP) is 2.86. The van der Waals surface area contributed by atoms with Gasteiger partial charge in [-0.1, -0.05) is 13.8 Å². The van der Waals surface area contributed by atoms with E-state index in [0.717, 1.165) is 17.1 Å². The summed E-state index contributed by atoms with van der Waals surface area (Å²) in [5.74, 6) is 2.24. The molecule has 2 nitrogen and oxygen atoms in total. The lowest BCUT2D eigenvalue weighted by molar-refractivity contribution is 1.00. The molecule has 1 rings (SSSR count). The molecule has 0 atom stereocenters. The number of aromatic nitrogens is 2. The predicted molar refractivity (Wildman–Crippen MR) is 58.0 cm³/mol. The van der Waals surface area contributed by atoms with Crippen LogP contribution in [0.3, 0.4) is 0 Å². The maximum absolute atomic E-state index is 5.62. The molecule has 1 aromatic heterocycles. The third kappa shape index (κ3) is 3.96. The molecule has 0 fully saturated rings. The molecule has 13 heavy (non-hydrogen) atoms. The van der Waals surface area contributed by atoms with Crippen molar-refractivity contribution < 1.29 is 0 Å². The highest BCUT2D eigenvalue weighted by atomic mass is 35.5. The van der Waals surface area contributed by atoms with Crippen molar-refractivity contribution in [2.24, 2.45) is 0 Å². The van der Waals surface area contributed by atoms with Gasteiger partial charge in [0.1, 0.15) is 5.82 Å². The minimum Gasteiger partial charge on any atom is -0.240 e. The molecule has 0 bridgehead atoms. The van der Waals surface area contributed by atoms with Gasteiger partial charge >= 0.3 is 0 Å². The Kier molecular flexibility index (Phi) is 4.53. The zero-order chi connectivity index (χ0) is 9.68. The van der Waals surface area contributed by atoms with Crippen molar-refractivity contribution in [1.29, 1.82) is 0 Å². The van der Waals surface area contributed by atoms with E-state index >= 15 is 0 Å².